The first kappa shape index (κ1) is 19.5. The molecule has 1 aromatic carbocycles. The third kappa shape index (κ3) is 3.21. The second-order valence-electron chi connectivity index (χ2n) is 6.14. The molecule has 1 aliphatic heterocycles. The molecule has 0 saturated heterocycles. The summed E-state index contributed by atoms with van der Waals surface area (Å²) in [6, 6.07) is 8.81. The predicted molar refractivity (Wildman–Crippen MR) is 97.2 cm³/mol. The highest BCUT2D eigenvalue weighted by molar-refractivity contribution is 7.10. The normalized spacial score (nSPS) is 17.5. The maximum atomic E-state index is 13.1. The number of hydrogen-bond acceptors (Lipinski definition) is 4. The summed E-state index contributed by atoms with van der Waals surface area (Å²) in [6.07, 6.45) is -4.55. The van der Waals surface area contributed by atoms with E-state index in [1.807, 2.05) is 6.07 Å². The van der Waals surface area contributed by atoms with E-state index in [4.69, 9.17) is 5.26 Å². The molecule has 5 nitrogen and oxygen atoms in total. The smallest absolute Gasteiger partial charge is 0.314 e. The fraction of sp³-hybridized carbons (Fsp3) is 0.211. The van der Waals surface area contributed by atoms with Gasteiger partial charge >= 0.3 is 12.2 Å². The number of allylic oxidation sites excluding steroid dienone is 1. The molecule has 1 aliphatic rings. The third-order valence-electron chi connectivity index (χ3n) is 4.45. The molecule has 0 radical (unpaired) electrons. The highest BCUT2D eigenvalue weighted by Gasteiger charge is 2.39. The fourth-order valence-electron chi connectivity index (χ4n) is 3.08. The first-order valence-corrected chi connectivity index (χ1v) is 8.90. The summed E-state index contributed by atoms with van der Waals surface area (Å²) < 4.78 is 39.2. The first-order valence-electron chi connectivity index (χ1n) is 8.02. The molecule has 0 N–H and O–H groups in total. The zero-order chi connectivity index (χ0) is 20.6. The Morgan fingerprint density at radius 3 is 2.46 bits per heavy atom. The maximum absolute atomic E-state index is 13.1. The van der Waals surface area contributed by atoms with E-state index in [0.29, 0.717) is 10.4 Å². The number of likely N-dealkylation sites (N-methyl/N-ethyl adjacent to an activating group) is 1. The van der Waals surface area contributed by atoms with Crippen molar-refractivity contribution in [2.75, 3.05) is 11.9 Å². The molecule has 142 valence electrons. The second-order valence-corrected chi connectivity index (χ2v) is 7.08. The van der Waals surface area contributed by atoms with Crippen molar-refractivity contribution in [1.82, 2.24) is 4.90 Å². The SMILES string of the molecule is CC1=C(C#N)[C@@H](c2cc(C#N)cs2)N(C)C(=O)N1c1cccc(C(F)(F)F)c1. The van der Waals surface area contributed by atoms with Crippen LogP contribution in [0.3, 0.4) is 0 Å². The van der Waals surface area contributed by atoms with Crippen LogP contribution in [0.4, 0.5) is 23.7 Å². The third-order valence-corrected chi connectivity index (χ3v) is 5.43. The Morgan fingerprint density at radius 1 is 1.18 bits per heavy atom. The van der Waals surface area contributed by atoms with Crippen LogP contribution in [0.1, 0.15) is 29.0 Å². The lowest BCUT2D eigenvalue weighted by atomic mass is 9.99. The lowest BCUT2D eigenvalue weighted by Crippen LogP contribution is -2.47. The van der Waals surface area contributed by atoms with Crippen LogP contribution >= 0.6 is 11.3 Å². The number of halogens is 3. The van der Waals surface area contributed by atoms with E-state index in [0.717, 1.165) is 17.0 Å². The minimum atomic E-state index is -4.55. The van der Waals surface area contributed by atoms with Crippen LogP contribution in [0.25, 0.3) is 0 Å². The van der Waals surface area contributed by atoms with Crippen molar-refractivity contribution in [3.05, 3.63) is 63.0 Å². The van der Waals surface area contributed by atoms with Crippen LogP contribution in [0.2, 0.25) is 0 Å². The molecule has 2 amide bonds. The highest BCUT2D eigenvalue weighted by Crippen LogP contribution is 2.41. The van der Waals surface area contributed by atoms with Crippen LogP contribution in [0.15, 0.2) is 47.0 Å². The van der Waals surface area contributed by atoms with E-state index in [2.05, 4.69) is 6.07 Å². The standard InChI is InChI=1S/C19H13F3N4OS/c1-11-15(9-24)17(16-6-12(8-23)10-28-16)25(2)18(27)26(11)14-5-3-4-13(7-14)19(20,21)22/h3-7,10,17H,1-2H3/t17-/m0/s1. The molecule has 1 aromatic heterocycles. The van der Waals surface area contributed by atoms with Gasteiger partial charge in [-0.2, -0.15) is 23.7 Å². The summed E-state index contributed by atoms with van der Waals surface area (Å²) >= 11 is 1.24. The quantitative estimate of drug-likeness (QED) is 0.706. The average Bonchev–Trinajstić information content (AvgIpc) is 3.13. The maximum Gasteiger partial charge on any atom is 0.416 e. The number of amides is 2. The Labute approximate surface area is 163 Å². The highest BCUT2D eigenvalue weighted by atomic mass is 32.1. The van der Waals surface area contributed by atoms with Crippen molar-refractivity contribution < 1.29 is 18.0 Å². The monoisotopic (exact) mass is 402 g/mol. The van der Waals surface area contributed by atoms with E-state index in [-0.39, 0.29) is 17.0 Å². The van der Waals surface area contributed by atoms with Gasteiger partial charge in [-0.05, 0) is 31.2 Å². The van der Waals surface area contributed by atoms with Gasteiger partial charge in [-0.25, -0.2) is 4.79 Å². The summed E-state index contributed by atoms with van der Waals surface area (Å²) in [6.45, 7) is 1.52. The van der Waals surface area contributed by atoms with Gasteiger partial charge in [0.05, 0.1) is 28.5 Å². The number of rotatable bonds is 2. The zero-order valence-corrected chi connectivity index (χ0v) is 15.6. The first-order chi connectivity index (χ1) is 13.2. The molecule has 28 heavy (non-hydrogen) atoms. The Balaban J connectivity index is 2.13. The summed E-state index contributed by atoms with van der Waals surface area (Å²) in [5.74, 6) is 0. The number of carbonyl (C=O) groups is 1. The molecular weight excluding hydrogens is 389 g/mol. The van der Waals surface area contributed by atoms with Crippen molar-refractivity contribution in [2.45, 2.75) is 19.1 Å². The van der Waals surface area contributed by atoms with Crippen molar-refractivity contribution in [1.29, 1.82) is 10.5 Å². The number of thiophene rings is 1. The average molecular weight is 402 g/mol. The van der Waals surface area contributed by atoms with Crippen molar-refractivity contribution >= 4 is 23.1 Å². The molecule has 2 heterocycles. The van der Waals surface area contributed by atoms with Gasteiger partial charge in [-0.1, -0.05) is 6.07 Å². The Hall–Kier alpha value is -3.30. The van der Waals surface area contributed by atoms with Gasteiger partial charge in [0, 0.05) is 23.0 Å². The fourth-order valence-corrected chi connectivity index (χ4v) is 4.06. The van der Waals surface area contributed by atoms with Crippen molar-refractivity contribution in [3.8, 4) is 12.1 Å². The van der Waals surface area contributed by atoms with E-state index >= 15 is 0 Å². The lowest BCUT2D eigenvalue weighted by molar-refractivity contribution is -0.137. The van der Waals surface area contributed by atoms with Crippen LogP contribution in [-0.2, 0) is 6.18 Å². The van der Waals surface area contributed by atoms with Crippen LogP contribution in [0.5, 0.6) is 0 Å². The molecule has 0 saturated carbocycles. The number of nitrogens with zero attached hydrogens (tertiary/aromatic N) is 4. The van der Waals surface area contributed by atoms with Crippen LogP contribution < -0.4 is 4.90 Å². The molecule has 3 rings (SSSR count). The molecule has 2 aromatic rings. The molecule has 0 spiro atoms. The molecule has 1 atom stereocenters. The minimum Gasteiger partial charge on any atom is -0.314 e. The number of anilines is 1. The van der Waals surface area contributed by atoms with Gasteiger partial charge < -0.3 is 4.90 Å². The number of hydrogen-bond donors (Lipinski definition) is 0. The van der Waals surface area contributed by atoms with Crippen LogP contribution in [0, 0.1) is 22.7 Å². The lowest BCUT2D eigenvalue weighted by Gasteiger charge is -2.39. The Morgan fingerprint density at radius 2 is 1.89 bits per heavy atom. The van der Waals surface area contributed by atoms with Gasteiger partial charge in [0.1, 0.15) is 12.1 Å². The largest absolute Gasteiger partial charge is 0.416 e. The van der Waals surface area contributed by atoms with Gasteiger partial charge in [0.2, 0.25) is 0 Å². The molecule has 0 aliphatic carbocycles. The number of nitriles is 2. The summed E-state index contributed by atoms with van der Waals surface area (Å²) in [5, 5.41) is 20.3. The molecule has 0 bridgehead atoms. The van der Waals surface area contributed by atoms with Crippen molar-refractivity contribution in [2.24, 2.45) is 0 Å². The van der Waals surface area contributed by atoms with Gasteiger partial charge in [-0.15, -0.1) is 11.3 Å². The molecule has 9 heteroatoms. The van der Waals surface area contributed by atoms with E-state index in [1.165, 1.54) is 42.3 Å². The Bertz CT molecular complexity index is 1060. The molecular formula is C19H13F3N4OS. The van der Waals surface area contributed by atoms with Gasteiger partial charge in [0.25, 0.3) is 0 Å². The van der Waals surface area contributed by atoms with Crippen LogP contribution in [-0.4, -0.2) is 18.0 Å². The number of urea groups is 1. The topological polar surface area (TPSA) is 71.1 Å². The predicted octanol–water partition coefficient (Wildman–Crippen LogP) is 5.05. The van der Waals surface area contributed by atoms with Gasteiger partial charge in [0.15, 0.2) is 0 Å². The van der Waals surface area contributed by atoms with E-state index < -0.39 is 23.8 Å². The van der Waals surface area contributed by atoms with Gasteiger partial charge in [-0.3, -0.25) is 4.90 Å². The molecule has 0 fully saturated rings. The van der Waals surface area contributed by atoms with E-state index in [9.17, 15) is 23.2 Å². The number of benzene rings is 1. The van der Waals surface area contributed by atoms with E-state index in [1.54, 1.807) is 11.4 Å². The number of carbonyl (C=O) groups excluding carboxylic acids is 1. The summed E-state index contributed by atoms with van der Waals surface area (Å²) in [5.41, 5.74) is 0.0360. The minimum absolute atomic E-state index is 0.0271. The Kier molecular flexibility index (Phi) is 4.88. The number of alkyl halides is 3. The summed E-state index contributed by atoms with van der Waals surface area (Å²) in [7, 11) is 1.48. The molecule has 0 unspecified atom stereocenters. The van der Waals surface area contributed by atoms with Crippen molar-refractivity contribution in [3.63, 3.8) is 0 Å². The summed E-state index contributed by atoms with van der Waals surface area (Å²) in [4.78, 5) is 16.0. The zero-order valence-electron chi connectivity index (χ0n) is 14.8. The second kappa shape index (κ2) is 7.02.